The highest BCUT2D eigenvalue weighted by molar-refractivity contribution is 5.79. The monoisotopic (exact) mass is 314 g/mol. The number of hydrogen-bond acceptors (Lipinski definition) is 2. The summed E-state index contributed by atoms with van der Waals surface area (Å²) in [5.41, 5.74) is 0.619. The standard InChI is InChI=1S/C21H30O2/c1-2-3-4-8-18-12-14-19(15-13-18)9-7-16-23-21-11-6-5-10-20(21)17-22/h5-7,9-11,17-19H,2-4,8,12-16H2,1H3/b9-7+. The molecule has 0 bridgehead atoms. The molecule has 1 saturated carbocycles. The molecule has 1 aromatic carbocycles. The Hall–Kier alpha value is -1.57. The summed E-state index contributed by atoms with van der Waals surface area (Å²) in [6.45, 7) is 2.82. The molecule has 1 fully saturated rings. The third-order valence-electron chi connectivity index (χ3n) is 4.90. The van der Waals surface area contributed by atoms with Crippen LogP contribution in [0.5, 0.6) is 5.75 Å². The molecule has 0 radical (unpaired) electrons. The predicted molar refractivity (Wildman–Crippen MR) is 96.1 cm³/mol. The average Bonchev–Trinajstić information content (AvgIpc) is 2.60. The van der Waals surface area contributed by atoms with Crippen molar-refractivity contribution in [3.05, 3.63) is 42.0 Å². The molecule has 0 saturated heterocycles. The van der Waals surface area contributed by atoms with Crippen molar-refractivity contribution in [2.24, 2.45) is 11.8 Å². The van der Waals surface area contributed by atoms with Crippen LogP contribution in [0.2, 0.25) is 0 Å². The largest absolute Gasteiger partial charge is 0.489 e. The highest BCUT2D eigenvalue weighted by atomic mass is 16.5. The summed E-state index contributed by atoms with van der Waals surface area (Å²) >= 11 is 0. The fraction of sp³-hybridized carbons (Fsp3) is 0.571. The Balaban J connectivity index is 1.66. The van der Waals surface area contributed by atoms with Gasteiger partial charge >= 0.3 is 0 Å². The van der Waals surface area contributed by atoms with Crippen LogP contribution in [-0.4, -0.2) is 12.9 Å². The van der Waals surface area contributed by atoms with Crippen LogP contribution in [0.1, 0.15) is 68.6 Å². The minimum absolute atomic E-state index is 0.543. The molecular weight excluding hydrogens is 284 g/mol. The van der Waals surface area contributed by atoms with Gasteiger partial charge in [0.15, 0.2) is 6.29 Å². The lowest BCUT2D eigenvalue weighted by Crippen LogP contribution is -2.13. The number of unbranched alkanes of at least 4 members (excludes halogenated alkanes) is 2. The van der Waals surface area contributed by atoms with E-state index in [0.29, 0.717) is 23.8 Å². The molecule has 0 spiro atoms. The Kier molecular flexibility index (Phi) is 7.92. The molecule has 0 heterocycles. The van der Waals surface area contributed by atoms with Crippen LogP contribution in [-0.2, 0) is 0 Å². The molecule has 0 aromatic heterocycles. The maximum Gasteiger partial charge on any atom is 0.153 e. The molecule has 0 N–H and O–H groups in total. The minimum atomic E-state index is 0.543. The van der Waals surface area contributed by atoms with Gasteiger partial charge in [-0.25, -0.2) is 0 Å². The maximum atomic E-state index is 10.9. The van der Waals surface area contributed by atoms with E-state index in [-0.39, 0.29) is 0 Å². The lowest BCUT2D eigenvalue weighted by atomic mass is 9.79. The normalized spacial score (nSPS) is 21.4. The first-order valence-corrected chi connectivity index (χ1v) is 9.17. The van der Waals surface area contributed by atoms with Gasteiger partial charge in [-0.15, -0.1) is 0 Å². The predicted octanol–water partition coefficient (Wildman–Crippen LogP) is 5.82. The molecule has 2 heteroatoms. The number of hydrogen-bond donors (Lipinski definition) is 0. The molecule has 1 aromatic rings. The molecule has 0 aliphatic heterocycles. The van der Waals surface area contributed by atoms with Crippen molar-refractivity contribution in [3.63, 3.8) is 0 Å². The zero-order chi connectivity index (χ0) is 16.3. The summed E-state index contributed by atoms with van der Waals surface area (Å²) < 4.78 is 5.69. The summed E-state index contributed by atoms with van der Waals surface area (Å²) in [4.78, 5) is 10.9. The first kappa shape index (κ1) is 17.8. The number of carbonyl (C=O) groups is 1. The van der Waals surface area contributed by atoms with Crippen LogP contribution in [0.25, 0.3) is 0 Å². The van der Waals surface area contributed by atoms with Crippen molar-refractivity contribution in [1.29, 1.82) is 0 Å². The Morgan fingerprint density at radius 3 is 2.65 bits per heavy atom. The number of benzene rings is 1. The van der Waals surface area contributed by atoms with Crippen molar-refractivity contribution < 1.29 is 9.53 Å². The molecule has 0 atom stereocenters. The van der Waals surface area contributed by atoms with Gasteiger partial charge in [0, 0.05) is 0 Å². The Morgan fingerprint density at radius 1 is 1.13 bits per heavy atom. The number of ether oxygens (including phenoxy) is 1. The van der Waals surface area contributed by atoms with Crippen LogP contribution in [0.15, 0.2) is 36.4 Å². The summed E-state index contributed by atoms with van der Waals surface area (Å²) in [6.07, 6.45) is 16.2. The van der Waals surface area contributed by atoms with Crippen molar-refractivity contribution in [1.82, 2.24) is 0 Å². The van der Waals surface area contributed by atoms with E-state index in [4.69, 9.17) is 4.74 Å². The molecule has 1 aliphatic rings. The molecule has 0 amide bonds. The van der Waals surface area contributed by atoms with E-state index >= 15 is 0 Å². The van der Waals surface area contributed by atoms with E-state index in [9.17, 15) is 4.79 Å². The first-order chi connectivity index (χ1) is 11.3. The molecule has 2 rings (SSSR count). The van der Waals surface area contributed by atoms with Crippen LogP contribution in [0, 0.1) is 11.8 Å². The maximum absolute atomic E-state index is 10.9. The number of para-hydroxylation sites is 1. The topological polar surface area (TPSA) is 26.3 Å². The van der Waals surface area contributed by atoms with Gasteiger partial charge in [0.25, 0.3) is 0 Å². The van der Waals surface area contributed by atoms with Crippen molar-refractivity contribution in [2.45, 2.75) is 58.3 Å². The van der Waals surface area contributed by atoms with Crippen LogP contribution < -0.4 is 4.74 Å². The van der Waals surface area contributed by atoms with Crippen LogP contribution in [0.4, 0.5) is 0 Å². The molecular formula is C21H30O2. The summed E-state index contributed by atoms with van der Waals surface area (Å²) in [5.74, 6) is 2.34. The van der Waals surface area contributed by atoms with Crippen LogP contribution in [0.3, 0.4) is 0 Å². The number of rotatable bonds is 9. The van der Waals surface area contributed by atoms with E-state index < -0.39 is 0 Å². The molecule has 23 heavy (non-hydrogen) atoms. The highest BCUT2D eigenvalue weighted by Gasteiger charge is 2.18. The highest BCUT2D eigenvalue weighted by Crippen LogP contribution is 2.32. The van der Waals surface area contributed by atoms with Crippen LogP contribution >= 0.6 is 0 Å². The zero-order valence-electron chi connectivity index (χ0n) is 14.4. The Labute approximate surface area is 140 Å². The lowest BCUT2D eigenvalue weighted by molar-refractivity contribution is 0.112. The number of allylic oxidation sites excluding steroid dienone is 1. The summed E-state index contributed by atoms with van der Waals surface area (Å²) in [7, 11) is 0. The average molecular weight is 314 g/mol. The van der Waals surface area contributed by atoms with E-state index in [0.717, 1.165) is 12.2 Å². The van der Waals surface area contributed by atoms with Gasteiger partial charge in [0.1, 0.15) is 12.4 Å². The van der Waals surface area contributed by atoms with Gasteiger partial charge in [0.2, 0.25) is 0 Å². The molecule has 1 aliphatic carbocycles. The minimum Gasteiger partial charge on any atom is -0.489 e. The van der Waals surface area contributed by atoms with Crippen molar-refractivity contribution in [2.75, 3.05) is 6.61 Å². The molecule has 2 nitrogen and oxygen atoms in total. The van der Waals surface area contributed by atoms with E-state index in [1.54, 1.807) is 6.07 Å². The Bertz CT molecular complexity index is 484. The fourth-order valence-electron chi connectivity index (χ4n) is 3.45. The summed E-state index contributed by atoms with van der Waals surface area (Å²) in [6, 6.07) is 7.38. The zero-order valence-corrected chi connectivity index (χ0v) is 14.4. The van der Waals surface area contributed by atoms with Gasteiger partial charge in [-0.05, 0) is 49.7 Å². The van der Waals surface area contributed by atoms with Gasteiger partial charge in [-0.2, -0.15) is 0 Å². The van der Waals surface area contributed by atoms with Crippen molar-refractivity contribution >= 4 is 6.29 Å². The molecule has 126 valence electrons. The SMILES string of the molecule is CCCCCC1CCC(/C=C/COc2ccccc2C=O)CC1. The third-order valence-corrected chi connectivity index (χ3v) is 4.90. The quantitative estimate of drug-likeness (QED) is 0.326. The number of carbonyl (C=O) groups excluding carboxylic acids is 1. The van der Waals surface area contributed by atoms with Gasteiger partial charge < -0.3 is 4.74 Å². The van der Waals surface area contributed by atoms with Gasteiger partial charge in [-0.3, -0.25) is 4.79 Å². The second-order valence-corrected chi connectivity index (χ2v) is 6.67. The fourth-order valence-corrected chi connectivity index (χ4v) is 3.45. The van der Waals surface area contributed by atoms with Gasteiger partial charge in [0.05, 0.1) is 5.56 Å². The van der Waals surface area contributed by atoms with Crippen molar-refractivity contribution in [3.8, 4) is 5.75 Å². The second-order valence-electron chi connectivity index (χ2n) is 6.67. The van der Waals surface area contributed by atoms with E-state index in [1.165, 1.54) is 51.4 Å². The Morgan fingerprint density at radius 2 is 1.91 bits per heavy atom. The smallest absolute Gasteiger partial charge is 0.153 e. The third kappa shape index (κ3) is 6.21. The first-order valence-electron chi connectivity index (χ1n) is 9.17. The van der Waals surface area contributed by atoms with Gasteiger partial charge in [-0.1, -0.05) is 56.9 Å². The lowest BCUT2D eigenvalue weighted by Gasteiger charge is -2.26. The van der Waals surface area contributed by atoms with E-state index in [1.807, 2.05) is 18.2 Å². The second kappa shape index (κ2) is 10.3. The molecule has 0 unspecified atom stereocenters. The van der Waals surface area contributed by atoms with E-state index in [2.05, 4.69) is 19.1 Å². The number of aldehydes is 1. The summed E-state index contributed by atoms with van der Waals surface area (Å²) in [5, 5.41) is 0.